The maximum atomic E-state index is 13.1. The van der Waals surface area contributed by atoms with Crippen molar-refractivity contribution in [3.63, 3.8) is 0 Å². The molecule has 0 radical (unpaired) electrons. The molecule has 15 heavy (non-hydrogen) atoms. The largest absolute Gasteiger partial charge is 0.496 e. The molecular weight excluding hydrogens is 193 g/mol. The highest BCUT2D eigenvalue weighted by Gasteiger charge is 2.09. The van der Waals surface area contributed by atoms with Crippen LogP contribution in [0.25, 0.3) is 0 Å². The van der Waals surface area contributed by atoms with Gasteiger partial charge in [0.25, 0.3) is 0 Å². The van der Waals surface area contributed by atoms with Crippen molar-refractivity contribution in [3.05, 3.63) is 29.3 Å². The van der Waals surface area contributed by atoms with E-state index in [0.29, 0.717) is 12.0 Å². The van der Waals surface area contributed by atoms with Crippen LogP contribution in [0.4, 0.5) is 4.39 Å². The van der Waals surface area contributed by atoms with Gasteiger partial charge in [-0.2, -0.15) is 0 Å². The number of hydrogen-bond donors (Lipinski definition) is 1. The average Bonchev–Trinajstić information content (AvgIpc) is 2.16. The minimum Gasteiger partial charge on any atom is -0.496 e. The normalized spacial score (nSPS) is 14.7. The number of rotatable bonds is 4. The Hall–Kier alpha value is -1.09. The third-order valence-corrected chi connectivity index (χ3v) is 2.31. The van der Waals surface area contributed by atoms with E-state index in [1.54, 1.807) is 19.2 Å². The maximum absolute atomic E-state index is 13.1. The number of nitrogens with two attached hydrogens (primary N) is 1. The number of benzene rings is 1. The van der Waals surface area contributed by atoms with Crippen LogP contribution >= 0.6 is 0 Å². The van der Waals surface area contributed by atoms with Crippen LogP contribution in [0.3, 0.4) is 0 Å². The zero-order chi connectivity index (χ0) is 11.4. The van der Waals surface area contributed by atoms with Crippen molar-refractivity contribution in [2.45, 2.75) is 32.5 Å². The van der Waals surface area contributed by atoms with Crippen molar-refractivity contribution in [2.24, 2.45) is 5.73 Å². The summed E-state index contributed by atoms with van der Waals surface area (Å²) in [7, 11) is 1.61. The zero-order valence-electron chi connectivity index (χ0n) is 9.46. The lowest BCUT2D eigenvalue weighted by molar-refractivity contribution is 0.372. The Labute approximate surface area is 90.2 Å². The molecular formula is C12H18FNO. The number of alkyl halides is 1. The van der Waals surface area contributed by atoms with Gasteiger partial charge in [-0.05, 0) is 43.5 Å². The summed E-state index contributed by atoms with van der Waals surface area (Å²) in [6.45, 7) is 3.45. The Morgan fingerprint density at radius 1 is 1.40 bits per heavy atom. The molecule has 0 fully saturated rings. The Balaban J connectivity index is 3.02. The van der Waals surface area contributed by atoms with Gasteiger partial charge in [0.2, 0.25) is 0 Å². The molecule has 0 aliphatic carbocycles. The molecule has 0 amide bonds. The molecule has 3 heteroatoms. The van der Waals surface area contributed by atoms with Crippen LogP contribution in [0, 0.1) is 0 Å². The van der Waals surface area contributed by atoms with Gasteiger partial charge in [-0.1, -0.05) is 6.07 Å². The first-order valence-electron chi connectivity index (χ1n) is 5.11. The van der Waals surface area contributed by atoms with Crippen molar-refractivity contribution in [3.8, 4) is 5.75 Å². The molecule has 1 aromatic carbocycles. The van der Waals surface area contributed by atoms with Crippen LogP contribution in [0.15, 0.2) is 18.2 Å². The Kier molecular flexibility index (Phi) is 4.09. The second-order valence-electron chi connectivity index (χ2n) is 3.87. The summed E-state index contributed by atoms with van der Waals surface area (Å²) < 4.78 is 18.3. The standard InChI is InChI=1S/C12H18FNO/c1-8(14)6-11-7-10(9(2)13)4-5-12(11)15-3/h4-5,7-9H,6,14H2,1-3H3. The summed E-state index contributed by atoms with van der Waals surface area (Å²) in [5.74, 6) is 0.775. The topological polar surface area (TPSA) is 35.2 Å². The fourth-order valence-electron chi connectivity index (χ4n) is 1.55. The minimum atomic E-state index is -0.956. The van der Waals surface area contributed by atoms with E-state index in [-0.39, 0.29) is 6.04 Å². The van der Waals surface area contributed by atoms with Gasteiger partial charge in [0.15, 0.2) is 0 Å². The summed E-state index contributed by atoms with van der Waals surface area (Å²) in [6.07, 6.45) is -0.258. The van der Waals surface area contributed by atoms with E-state index < -0.39 is 6.17 Å². The molecule has 2 atom stereocenters. The molecule has 1 rings (SSSR count). The fourth-order valence-corrected chi connectivity index (χ4v) is 1.55. The van der Waals surface area contributed by atoms with E-state index >= 15 is 0 Å². The molecule has 0 saturated heterocycles. The smallest absolute Gasteiger partial charge is 0.122 e. The van der Waals surface area contributed by atoms with Gasteiger partial charge in [0.1, 0.15) is 11.9 Å². The second kappa shape index (κ2) is 5.12. The van der Waals surface area contributed by atoms with E-state index in [0.717, 1.165) is 11.3 Å². The minimum absolute atomic E-state index is 0.0454. The molecule has 0 saturated carbocycles. The molecule has 0 heterocycles. The summed E-state index contributed by atoms with van der Waals surface area (Å²) in [5.41, 5.74) is 7.36. The third kappa shape index (κ3) is 3.20. The van der Waals surface area contributed by atoms with E-state index in [1.165, 1.54) is 6.92 Å². The van der Waals surface area contributed by atoms with Gasteiger partial charge in [-0.15, -0.1) is 0 Å². The Morgan fingerprint density at radius 2 is 2.07 bits per heavy atom. The highest BCUT2D eigenvalue weighted by Crippen LogP contribution is 2.25. The third-order valence-electron chi connectivity index (χ3n) is 2.31. The summed E-state index contributed by atoms with van der Waals surface area (Å²) in [5, 5.41) is 0. The van der Waals surface area contributed by atoms with Crippen LogP contribution in [0.2, 0.25) is 0 Å². The van der Waals surface area contributed by atoms with Gasteiger partial charge in [-0.3, -0.25) is 0 Å². The average molecular weight is 211 g/mol. The van der Waals surface area contributed by atoms with E-state index in [2.05, 4.69) is 0 Å². The zero-order valence-corrected chi connectivity index (χ0v) is 9.46. The van der Waals surface area contributed by atoms with Crippen molar-refractivity contribution >= 4 is 0 Å². The molecule has 1 aromatic rings. The van der Waals surface area contributed by atoms with Gasteiger partial charge >= 0.3 is 0 Å². The Morgan fingerprint density at radius 3 is 2.53 bits per heavy atom. The van der Waals surface area contributed by atoms with Crippen molar-refractivity contribution < 1.29 is 9.13 Å². The first kappa shape index (κ1) is 12.0. The lowest BCUT2D eigenvalue weighted by Crippen LogP contribution is -2.18. The van der Waals surface area contributed by atoms with Gasteiger partial charge in [-0.25, -0.2) is 4.39 Å². The Bertz CT molecular complexity index is 323. The quantitative estimate of drug-likeness (QED) is 0.830. The maximum Gasteiger partial charge on any atom is 0.122 e. The van der Waals surface area contributed by atoms with Crippen molar-refractivity contribution in [1.82, 2.24) is 0 Å². The predicted octanol–water partition coefficient (Wildman–Crippen LogP) is 2.62. The van der Waals surface area contributed by atoms with Crippen molar-refractivity contribution in [1.29, 1.82) is 0 Å². The van der Waals surface area contributed by atoms with Gasteiger partial charge in [0.05, 0.1) is 7.11 Å². The lowest BCUT2D eigenvalue weighted by Gasteiger charge is -2.13. The molecule has 2 N–H and O–H groups in total. The number of ether oxygens (including phenoxy) is 1. The summed E-state index contributed by atoms with van der Waals surface area (Å²) >= 11 is 0. The first-order valence-corrected chi connectivity index (χ1v) is 5.11. The molecule has 0 aliphatic heterocycles. The first-order chi connectivity index (χ1) is 7.04. The van der Waals surface area contributed by atoms with Crippen LogP contribution in [0.5, 0.6) is 5.75 Å². The second-order valence-corrected chi connectivity index (χ2v) is 3.87. The van der Waals surface area contributed by atoms with Crippen LogP contribution < -0.4 is 10.5 Å². The van der Waals surface area contributed by atoms with Crippen molar-refractivity contribution in [2.75, 3.05) is 7.11 Å². The fraction of sp³-hybridized carbons (Fsp3) is 0.500. The summed E-state index contributed by atoms with van der Waals surface area (Å²) in [6, 6.07) is 5.41. The molecule has 2 unspecified atom stereocenters. The highest BCUT2D eigenvalue weighted by atomic mass is 19.1. The highest BCUT2D eigenvalue weighted by molar-refractivity contribution is 5.38. The molecule has 84 valence electrons. The predicted molar refractivity (Wildman–Crippen MR) is 59.9 cm³/mol. The molecule has 2 nitrogen and oxygen atoms in total. The van der Waals surface area contributed by atoms with Gasteiger partial charge in [0, 0.05) is 6.04 Å². The molecule has 0 aromatic heterocycles. The van der Waals surface area contributed by atoms with Crippen LogP contribution in [-0.4, -0.2) is 13.2 Å². The SMILES string of the molecule is COc1ccc(C(C)F)cc1CC(C)N. The monoisotopic (exact) mass is 211 g/mol. The molecule has 0 spiro atoms. The van der Waals surface area contributed by atoms with Crippen LogP contribution in [-0.2, 0) is 6.42 Å². The number of methoxy groups -OCH3 is 1. The van der Waals surface area contributed by atoms with E-state index in [9.17, 15) is 4.39 Å². The molecule has 0 bridgehead atoms. The number of hydrogen-bond acceptors (Lipinski definition) is 2. The van der Waals surface area contributed by atoms with E-state index in [4.69, 9.17) is 10.5 Å². The van der Waals surface area contributed by atoms with Crippen LogP contribution in [0.1, 0.15) is 31.1 Å². The molecule has 0 aliphatic rings. The number of halogens is 1. The van der Waals surface area contributed by atoms with E-state index in [1.807, 2.05) is 13.0 Å². The van der Waals surface area contributed by atoms with Gasteiger partial charge < -0.3 is 10.5 Å². The lowest BCUT2D eigenvalue weighted by atomic mass is 10.0. The summed E-state index contributed by atoms with van der Waals surface area (Å²) in [4.78, 5) is 0.